The van der Waals surface area contributed by atoms with Crippen molar-refractivity contribution in [2.45, 2.75) is 19.5 Å². The zero-order valence-electron chi connectivity index (χ0n) is 9.28. The number of hydrogen-bond acceptors (Lipinski definition) is 2. The van der Waals surface area contributed by atoms with Crippen LogP contribution >= 0.6 is 0 Å². The molecule has 2 nitrogen and oxygen atoms in total. The van der Waals surface area contributed by atoms with E-state index in [1.54, 1.807) is 30.3 Å². The van der Waals surface area contributed by atoms with Gasteiger partial charge in [0.2, 0.25) is 0 Å². The third kappa shape index (κ3) is 3.19. The molecule has 0 aromatic heterocycles. The molecule has 0 radical (unpaired) electrons. The molecule has 16 heavy (non-hydrogen) atoms. The first-order valence-corrected chi connectivity index (χ1v) is 5.21. The minimum atomic E-state index is -1.49. The molecule has 1 aromatic carbocycles. The summed E-state index contributed by atoms with van der Waals surface area (Å²) in [6, 6.07) is 8.44. The molecule has 0 spiro atoms. The van der Waals surface area contributed by atoms with Crippen molar-refractivity contribution in [3.63, 3.8) is 0 Å². The SMILES string of the molecule is C=C(C(=O)OCCC)C(F)c1ccccc1. The first-order chi connectivity index (χ1) is 7.66. The van der Waals surface area contributed by atoms with Gasteiger partial charge in [0.05, 0.1) is 12.2 Å². The van der Waals surface area contributed by atoms with Crippen LogP contribution < -0.4 is 0 Å². The predicted molar refractivity (Wildman–Crippen MR) is 60.7 cm³/mol. The van der Waals surface area contributed by atoms with Gasteiger partial charge in [-0.1, -0.05) is 43.8 Å². The molecule has 1 unspecified atom stereocenters. The van der Waals surface area contributed by atoms with Crippen molar-refractivity contribution < 1.29 is 13.9 Å². The summed E-state index contributed by atoms with van der Waals surface area (Å²) in [6.07, 6.45) is -0.785. The van der Waals surface area contributed by atoms with E-state index in [-0.39, 0.29) is 5.57 Å². The van der Waals surface area contributed by atoms with Gasteiger partial charge in [0.1, 0.15) is 0 Å². The second kappa shape index (κ2) is 6.05. The van der Waals surface area contributed by atoms with Crippen molar-refractivity contribution in [3.05, 3.63) is 48.0 Å². The summed E-state index contributed by atoms with van der Waals surface area (Å²) >= 11 is 0. The number of esters is 1. The monoisotopic (exact) mass is 222 g/mol. The third-order valence-electron chi connectivity index (χ3n) is 2.10. The molecule has 0 bridgehead atoms. The molecule has 0 saturated carbocycles. The highest BCUT2D eigenvalue weighted by molar-refractivity contribution is 5.89. The van der Waals surface area contributed by atoms with Gasteiger partial charge in [-0.15, -0.1) is 0 Å². The number of rotatable bonds is 5. The molecule has 3 heteroatoms. The van der Waals surface area contributed by atoms with E-state index >= 15 is 0 Å². The van der Waals surface area contributed by atoms with Crippen LogP contribution in [0.25, 0.3) is 0 Å². The summed E-state index contributed by atoms with van der Waals surface area (Å²) in [7, 11) is 0. The Kier molecular flexibility index (Phi) is 4.70. The zero-order chi connectivity index (χ0) is 12.0. The van der Waals surface area contributed by atoms with Crippen molar-refractivity contribution in [3.8, 4) is 0 Å². The number of ether oxygens (including phenoxy) is 1. The summed E-state index contributed by atoms with van der Waals surface area (Å²) in [5, 5.41) is 0. The topological polar surface area (TPSA) is 26.3 Å². The molecule has 0 N–H and O–H groups in total. The molecule has 1 rings (SSSR count). The maximum atomic E-state index is 13.8. The van der Waals surface area contributed by atoms with Gasteiger partial charge in [0, 0.05) is 0 Å². The fourth-order valence-electron chi connectivity index (χ4n) is 1.21. The van der Waals surface area contributed by atoms with Crippen LogP contribution in [0.3, 0.4) is 0 Å². The third-order valence-corrected chi connectivity index (χ3v) is 2.10. The Morgan fingerprint density at radius 2 is 2.06 bits per heavy atom. The second-order valence-corrected chi connectivity index (χ2v) is 3.43. The van der Waals surface area contributed by atoms with E-state index in [0.717, 1.165) is 0 Å². The van der Waals surface area contributed by atoms with Crippen LogP contribution in [-0.2, 0) is 9.53 Å². The van der Waals surface area contributed by atoms with Crippen molar-refractivity contribution >= 4 is 5.97 Å². The van der Waals surface area contributed by atoms with E-state index in [2.05, 4.69) is 6.58 Å². The fraction of sp³-hybridized carbons (Fsp3) is 0.308. The molecule has 0 aliphatic heterocycles. The van der Waals surface area contributed by atoms with E-state index in [4.69, 9.17) is 4.74 Å². The molecule has 0 fully saturated rings. The largest absolute Gasteiger partial charge is 0.462 e. The molecule has 0 amide bonds. The Balaban J connectivity index is 2.64. The van der Waals surface area contributed by atoms with Gasteiger partial charge >= 0.3 is 5.97 Å². The zero-order valence-corrected chi connectivity index (χ0v) is 9.28. The minimum Gasteiger partial charge on any atom is -0.462 e. The van der Waals surface area contributed by atoms with Crippen molar-refractivity contribution in [1.29, 1.82) is 0 Å². The number of carbonyl (C=O) groups excluding carboxylic acids is 1. The minimum absolute atomic E-state index is 0.153. The van der Waals surface area contributed by atoms with Crippen LogP contribution in [0.15, 0.2) is 42.5 Å². The normalized spacial score (nSPS) is 11.9. The maximum absolute atomic E-state index is 13.8. The first kappa shape index (κ1) is 12.4. The number of hydrogen-bond donors (Lipinski definition) is 0. The van der Waals surface area contributed by atoms with E-state index < -0.39 is 12.1 Å². The fourth-order valence-corrected chi connectivity index (χ4v) is 1.21. The molecular weight excluding hydrogens is 207 g/mol. The van der Waals surface area contributed by atoms with Gasteiger partial charge in [-0.3, -0.25) is 0 Å². The van der Waals surface area contributed by atoms with E-state index in [1.807, 2.05) is 6.92 Å². The Morgan fingerprint density at radius 1 is 1.44 bits per heavy atom. The molecule has 0 saturated heterocycles. The number of carbonyl (C=O) groups is 1. The van der Waals surface area contributed by atoms with Gasteiger partial charge in [0.15, 0.2) is 6.17 Å². The predicted octanol–water partition coefficient (Wildman–Crippen LogP) is 3.21. The lowest BCUT2D eigenvalue weighted by Gasteiger charge is -2.10. The Bertz CT molecular complexity index is 359. The summed E-state index contributed by atoms with van der Waals surface area (Å²) < 4.78 is 18.6. The molecule has 0 aliphatic rings. The standard InChI is InChI=1S/C13H15FO2/c1-3-9-16-13(15)10(2)12(14)11-7-5-4-6-8-11/h4-8,12H,2-3,9H2,1H3. The summed E-state index contributed by atoms with van der Waals surface area (Å²) in [5.74, 6) is -0.668. The first-order valence-electron chi connectivity index (χ1n) is 5.21. The van der Waals surface area contributed by atoms with Gasteiger partial charge in [-0.2, -0.15) is 0 Å². The average molecular weight is 222 g/mol. The Hall–Kier alpha value is -1.64. The molecule has 0 heterocycles. The van der Waals surface area contributed by atoms with E-state index in [0.29, 0.717) is 18.6 Å². The van der Waals surface area contributed by atoms with E-state index in [1.165, 1.54) is 0 Å². The summed E-state index contributed by atoms with van der Waals surface area (Å²) in [5.41, 5.74) is 0.264. The highest BCUT2D eigenvalue weighted by Gasteiger charge is 2.20. The highest BCUT2D eigenvalue weighted by Crippen LogP contribution is 2.25. The van der Waals surface area contributed by atoms with Crippen molar-refractivity contribution in [2.24, 2.45) is 0 Å². The lowest BCUT2D eigenvalue weighted by molar-refractivity contribution is -0.139. The molecule has 0 aliphatic carbocycles. The molecule has 1 atom stereocenters. The summed E-state index contributed by atoms with van der Waals surface area (Å²) in [6.45, 7) is 5.60. The van der Waals surface area contributed by atoms with Crippen molar-refractivity contribution in [2.75, 3.05) is 6.61 Å². The Morgan fingerprint density at radius 3 is 2.62 bits per heavy atom. The number of benzene rings is 1. The van der Waals surface area contributed by atoms with Gasteiger partial charge in [-0.25, -0.2) is 9.18 Å². The van der Waals surface area contributed by atoms with Crippen LogP contribution in [0.5, 0.6) is 0 Å². The van der Waals surface area contributed by atoms with Crippen LogP contribution in [-0.4, -0.2) is 12.6 Å². The Labute approximate surface area is 94.7 Å². The van der Waals surface area contributed by atoms with Crippen LogP contribution in [0.4, 0.5) is 4.39 Å². The molecule has 1 aromatic rings. The van der Waals surface area contributed by atoms with Gasteiger partial charge < -0.3 is 4.74 Å². The lowest BCUT2D eigenvalue weighted by atomic mass is 10.0. The average Bonchev–Trinajstić information content (AvgIpc) is 2.35. The van der Waals surface area contributed by atoms with Crippen LogP contribution in [0.2, 0.25) is 0 Å². The molecule has 86 valence electrons. The summed E-state index contributed by atoms with van der Waals surface area (Å²) in [4.78, 5) is 11.4. The number of halogens is 1. The van der Waals surface area contributed by atoms with Gasteiger partial charge in [0.25, 0.3) is 0 Å². The quantitative estimate of drug-likeness (QED) is 0.565. The van der Waals surface area contributed by atoms with Crippen LogP contribution in [0, 0.1) is 0 Å². The van der Waals surface area contributed by atoms with Crippen LogP contribution in [0.1, 0.15) is 25.1 Å². The van der Waals surface area contributed by atoms with Crippen molar-refractivity contribution in [1.82, 2.24) is 0 Å². The van der Waals surface area contributed by atoms with Gasteiger partial charge in [-0.05, 0) is 12.0 Å². The highest BCUT2D eigenvalue weighted by atomic mass is 19.1. The lowest BCUT2D eigenvalue weighted by Crippen LogP contribution is -2.12. The maximum Gasteiger partial charge on any atom is 0.336 e. The van der Waals surface area contributed by atoms with E-state index in [9.17, 15) is 9.18 Å². The smallest absolute Gasteiger partial charge is 0.336 e. The second-order valence-electron chi connectivity index (χ2n) is 3.43. The number of alkyl halides is 1. The molecular formula is C13H15FO2.